The molecule has 0 radical (unpaired) electrons. The molecule has 1 atom stereocenters. The number of benzene rings is 1. The summed E-state index contributed by atoms with van der Waals surface area (Å²) in [4.78, 5) is 11.5. The highest BCUT2D eigenvalue weighted by Gasteiger charge is 2.34. The molecule has 1 aliphatic heterocycles. The van der Waals surface area contributed by atoms with Gasteiger partial charge in [-0.15, -0.1) is 0 Å². The molecule has 31 heavy (non-hydrogen) atoms. The van der Waals surface area contributed by atoms with Crippen LogP contribution in [0.5, 0.6) is 0 Å². The molecule has 2 aliphatic rings. The third-order valence-corrected chi connectivity index (χ3v) is 7.23. The second-order valence-corrected chi connectivity index (χ2v) is 10.1. The minimum atomic E-state index is -1.04. The van der Waals surface area contributed by atoms with Crippen LogP contribution in [0.2, 0.25) is 0 Å². The van der Waals surface area contributed by atoms with Gasteiger partial charge in [0, 0.05) is 37.1 Å². The molecular weight excluding hydrogens is 408 g/mol. The van der Waals surface area contributed by atoms with E-state index < -0.39 is 11.0 Å². The van der Waals surface area contributed by atoms with Crippen LogP contribution in [-0.4, -0.2) is 49.5 Å². The zero-order valence-corrected chi connectivity index (χ0v) is 18.8. The molecule has 2 aromatic heterocycles. The Morgan fingerprint density at radius 2 is 2.03 bits per heavy atom. The Morgan fingerprint density at radius 3 is 2.81 bits per heavy atom. The van der Waals surface area contributed by atoms with E-state index in [1.165, 1.54) is 45.3 Å². The molecule has 0 amide bonds. The Bertz CT molecular complexity index is 1100. The number of rotatable bonds is 7. The van der Waals surface area contributed by atoms with Gasteiger partial charge in [0.2, 0.25) is 0 Å². The molecule has 1 aliphatic carbocycles. The second kappa shape index (κ2) is 8.68. The summed E-state index contributed by atoms with van der Waals surface area (Å²) in [7, 11) is -1.04. The average Bonchev–Trinajstić information content (AvgIpc) is 3.38. The van der Waals surface area contributed by atoms with Crippen LogP contribution >= 0.6 is 0 Å². The van der Waals surface area contributed by atoms with E-state index >= 15 is 0 Å². The highest BCUT2D eigenvalue weighted by molar-refractivity contribution is 7.82. The van der Waals surface area contributed by atoms with E-state index in [1.807, 2.05) is 12.1 Å². The van der Waals surface area contributed by atoms with E-state index in [0.29, 0.717) is 18.4 Å². The lowest BCUT2D eigenvalue weighted by Crippen LogP contribution is -2.35. The fourth-order valence-electron chi connectivity index (χ4n) is 5.05. The Morgan fingerprint density at radius 1 is 1.23 bits per heavy atom. The van der Waals surface area contributed by atoms with Crippen LogP contribution in [-0.2, 0) is 17.5 Å². The van der Waals surface area contributed by atoms with Crippen molar-refractivity contribution in [1.29, 1.82) is 0 Å². The second-order valence-electron chi connectivity index (χ2n) is 8.88. The molecule has 1 saturated carbocycles. The Labute approximate surface area is 185 Å². The summed E-state index contributed by atoms with van der Waals surface area (Å²) in [5.41, 5.74) is 10.5. The van der Waals surface area contributed by atoms with Crippen molar-refractivity contribution >= 4 is 27.8 Å². The van der Waals surface area contributed by atoms with Gasteiger partial charge < -0.3 is 15.2 Å². The van der Waals surface area contributed by atoms with Gasteiger partial charge in [-0.1, -0.05) is 18.2 Å². The van der Waals surface area contributed by atoms with Gasteiger partial charge in [0.15, 0.2) is 0 Å². The van der Waals surface area contributed by atoms with Crippen LogP contribution in [0, 0.1) is 5.92 Å². The highest BCUT2D eigenvalue weighted by atomic mass is 32.2. The quantitative estimate of drug-likeness (QED) is 0.592. The largest absolute Gasteiger partial charge is 0.383 e. The fourth-order valence-corrected chi connectivity index (χ4v) is 5.42. The Hall–Kier alpha value is -2.29. The molecule has 3 N–H and O–H groups in total. The smallest absolute Gasteiger partial charge is 0.146 e. The number of nitrogens with zero attached hydrogens (tertiary/aromatic N) is 4. The maximum absolute atomic E-state index is 11.4. The first kappa shape index (κ1) is 20.6. The molecule has 8 heteroatoms. The van der Waals surface area contributed by atoms with E-state index in [0.717, 1.165) is 33.6 Å². The number of aromatic nitrogens is 3. The molecule has 1 saturated heterocycles. The molecular formula is C23H30N6OS. The van der Waals surface area contributed by atoms with Crippen molar-refractivity contribution in [2.75, 3.05) is 31.6 Å². The van der Waals surface area contributed by atoms with Crippen molar-refractivity contribution in [3.05, 3.63) is 42.4 Å². The van der Waals surface area contributed by atoms with E-state index in [4.69, 9.17) is 5.73 Å². The molecule has 164 valence electrons. The third kappa shape index (κ3) is 4.24. The van der Waals surface area contributed by atoms with Crippen molar-refractivity contribution in [2.45, 2.75) is 38.3 Å². The lowest BCUT2D eigenvalue weighted by molar-refractivity contribution is 0.145. The van der Waals surface area contributed by atoms with Crippen molar-refractivity contribution in [1.82, 2.24) is 24.2 Å². The van der Waals surface area contributed by atoms with Crippen LogP contribution in [0.3, 0.4) is 0 Å². The molecule has 3 aromatic rings. The van der Waals surface area contributed by atoms with Crippen LogP contribution in [0.25, 0.3) is 22.2 Å². The number of nitrogen functional groups attached to an aromatic ring is 1. The van der Waals surface area contributed by atoms with Crippen LogP contribution in [0.4, 0.5) is 5.82 Å². The van der Waals surface area contributed by atoms with E-state index in [9.17, 15) is 4.21 Å². The lowest BCUT2D eigenvalue weighted by Gasteiger charge is -2.38. The van der Waals surface area contributed by atoms with Gasteiger partial charge in [-0.05, 0) is 61.9 Å². The molecule has 1 unspecified atom stereocenters. The van der Waals surface area contributed by atoms with Gasteiger partial charge >= 0.3 is 0 Å². The number of hydrogen-bond donors (Lipinski definition) is 2. The molecule has 0 spiro atoms. The van der Waals surface area contributed by atoms with Crippen molar-refractivity contribution in [3.8, 4) is 11.1 Å². The van der Waals surface area contributed by atoms with Gasteiger partial charge in [-0.25, -0.2) is 18.9 Å². The van der Waals surface area contributed by atoms with Gasteiger partial charge in [-0.3, -0.25) is 0 Å². The van der Waals surface area contributed by atoms with Crippen LogP contribution in [0.15, 0.2) is 36.8 Å². The standard InChI is InChI=1S/C23H30N6OS/c1-31(30)27-12-16-5-4-6-18(9-16)20-14-29(23-21(20)22(24)25-15-26-23)19-10-17(11-19)13-28-7-2-3-8-28/h4-6,9,14-15,17,19,27H,2-3,7-8,10-13H2,1H3,(H2,24,25,26). The van der Waals surface area contributed by atoms with Gasteiger partial charge in [0.05, 0.1) is 16.4 Å². The number of nitrogens with one attached hydrogen (secondary N) is 1. The molecule has 0 bridgehead atoms. The Balaban J connectivity index is 1.42. The molecule has 1 aromatic carbocycles. The highest BCUT2D eigenvalue weighted by Crippen LogP contribution is 2.43. The molecule has 3 heterocycles. The first-order valence-corrected chi connectivity index (χ1v) is 12.6. The number of likely N-dealkylation sites (tertiary alicyclic amines) is 1. The Kier molecular flexibility index (Phi) is 5.77. The zero-order valence-electron chi connectivity index (χ0n) is 18.0. The summed E-state index contributed by atoms with van der Waals surface area (Å²) in [5.74, 6) is 1.29. The normalized spacial score (nSPS) is 22.6. The minimum absolute atomic E-state index is 0.463. The first-order chi connectivity index (χ1) is 15.1. The SMILES string of the molecule is CS(=O)NCc1cccc(-c2cn(C3CC(CN4CCCC4)C3)c3ncnc(N)c23)c1. The predicted molar refractivity (Wildman–Crippen MR) is 126 cm³/mol. The van der Waals surface area contributed by atoms with Gasteiger partial charge in [0.25, 0.3) is 0 Å². The monoisotopic (exact) mass is 438 g/mol. The fraction of sp³-hybridized carbons (Fsp3) is 0.478. The maximum Gasteiger partial charge on any atom is 0.146 e. The molecule has 2 fully saturated rings. The summed E-state index contributed by atoms with van der Waals surface area (Å²) < 4.78 is 16.7. The summed E-state index contributed by atoms with van der Waals surface area (Å²) in [6.07, 6.45) is 10.5. The van der Waals surface area contributed by atoms with Gasteiger partial charge in [-0.2, -0.15) is 0 Å². The summed E-state index contributed by atoms with van der Waals surface area (Å²) in [6, 6.07) is 8.75. The van der Waals surface area contributed by atoms with Crippen LogP contribution < -0.4 is 10.5 Å². The van der Waals surface area contributed by atoms with E-state index in [-0.39, 0.29) is 0 Å². The summed E-state index contributed by atoms with van der Waals surface area (Å²) in [6.45, 7) is 4.31. The first-order valence-electron chi connectivity index (χ1n) is 11.1. The summed E-state index contributed by atoms with van der Waals surface area (Å²) >= 11 is 0. The van der Waals surface area contributed by atoms with Gasteiger partial charge in [0.1, 0.15) is 17.8 Å². The minimum Gasteiger partial charge on any atom is -0.383 e. The maximum atomic E-state index is 11.4. The zero-order chi connectivity index (χ0) is 21.4. The molecule has 7 nitrogen and oxygen atoms in total. The summed E-state index contributed by atoms with van der Waals surface area (Å²) in [5, 5.41) is 0.926. The predicted octanol–water partition coefficient (Wildman–Crippen LogP) is 3.11. The number of hydrogen-bond acceptors (Lipinski definition) is 5. The van der Waals surface area contributed by atoms with E-state index in [2.05, 4.69) is 42.5 Å². The van der Waals surface area contributed by atoms with Crippen molar-refractivity contribution in [3.63, 3.8) is 0 Å². The third-order valence-electron chi connectivity index (χ3n) is 6.68. The number of anilines is 1. The van der Waals surface area contributed by atoms with Crippen molar-refractivity contribution in [2.24, 2.45) is 5.92 Å². The molecule has 5 rings (SSSR count). The van der Waals surface area contributed by atoms with Crippen LogP contribution in [0.1, 0.15) is 37.3 Å². The average molecular weight is 439 g/mol. The number of fused-ring (bicyclic) bond motifs is 1. The lowest BCUT2D eigenvalue weighted by atomic mass is 9.79. The van der Waals surface area contributed by atoms with E-state index in [1.54, 1.807) is 12.6 Å². The van der Waals surface area contributed by atoms with Crippen molar-refractivity contribution < 1.29 is 4.21 Å². The topological polar surface area (TPSA) is 89.1 Å². The number of nitrogens with two attached hydrogens (primary N) is 1.